The van der Waals surface area contributed by atoms with E-state index < -0.39 is 0 Å². The summed E-state index contributed by atoms with van der Waals surface area (Å²) >= 11 is 4.10. The van der Waals surface area contributed by atoms with Crippen LogP contribution in [0.15, 0.2) is 40.0 Å². The fraction of sp³-hybridized carbons (Fsp3) is 0.0833. The van der Waals surface area contributed by atoms with Gasteiger partial charge in [-0.15, -0.1) is 0 Å². The molecule has 3 aromatic rings. The molecule has 0 radical (unpaired) electrons. The Morgan fingerprint density at radius 3 is 2.89 bits per heavy atom. The average molecular weight is 340 g/mol. The van der Waals surface area contributed by atoms with Crippen LogP contribution in [0.2, 0.25) is 0 Å². The second-order valence-electron chi connectivity index (χ2n) is 3.87. The van der Waals surface area contributed by atoms with Crippen LogP contribution in [0.5, 0.6) is 0 Å². The highest BCUT2D eigenvalue weighted by molar-refractivity contribution is 9.10. The van der Waals surface area contributed by atoms with Gasteiger partial charge in [-0.25, -0.2) is 9.37 Å². The van der Waals surface area contributed by atoms with Gasteiger partial charge in [-0.1, -0.05) is 17.4 Å². The molecule has 0 bridgehead atoms. The van der Waals surface area contributed by atoms with Gasteiger partial charge in [-0.3, -0.25) is 14.3 Å². The highest BCUT2D eigenvalue weighted by Gasteiger charge is 2.11. The molecule has 1 aromatic carbocycles. The average Bonchev–Trinajstić information content (AvgIpc) is 2.71. The minimum absolute atomic E-state index is 0.204. The third-order valence-corrected chi connectivity index (χ3v) is 4.05. The molecule has 3 rings (SSSR count). The Bertz CT molecular complexity index is 797. The molecule has 2 aromatic heterocycles. The molecule has 0 fully saturated rings. The van der Waals surface area contributed by atoms with E-state index in [9.17, 15) is 9.18 Å². The molecule has 0 aliphatic carbocycles. The molecule has 4 nitrogen and oxygen atoms in total. The van der Waals surface area contributed by atoms with Crippen molar-refractivity contribution in [3.8, 4) is 0 Å². The molecule has 0 atom stereocenters. The minimum atomic E-state index is -0.375. The van der Waals surface area contributed by atoms with Gasteiger partial charge < -0.3 is 0 Å². The van der Waals surface area contributed by atoms with Crippen LogP contribution in [0.25, 0.3) is 10.2 Å². The lowest BCUT2D eigenvalue weighted by Gasteiger charge is -2.03. The Morgan fingerprint density at radius 2 is 2.16 bits per heavy atom. The SMILES string of the molecule is O=c1sc2c(F)cccc2n1Cc1cnc(Br)cn1. The third-order valence-electron chi connectivity index (χ3n) is 2.64. The van der Waals surface area contributed by atoms with Crippen LogP contribution >= 0.6 is 27.3 Å². The van der Waals surface area contributed by atoms with Crippen molar-refractivity contribution < 1.29 is 4.39 Å². The summed E-state index contributed by atoms with van der Waals surface area (Å²) in [4.78, 5) is 19.9. The van der Waals surface area contributed by atoms with Crippen LogP contribution in [-0.2, 0) is 6.54 Å². The first-order chi connectivity index (χ1) is 9.15. The summed E-state index contributed by atoms with van der Waals surface area (Å²) in [6, 6.07) is 4.66. The van der Waals surface area contributed by atoms with E-state index in [-0.39, 0.29) is 17.2 Å². The number of thiazole rings is 1. The van der Waals surface area contributed by atoms with Gasteiger partial charge in [-0.05, 0) is 28.1 Å². The standard InChI is InChI=1S/C12H7BrFN3OS/c13-10-5-15-7(4-16-10)6-17-9-3-1-2-8(14)11(9)19-12(17)18/h1-5H,6H2. The maximum atomic E-state index is 13.6. The molecule has 0 aliphatic heterocycles. The van der Waals surface area contributed by atoms with E-state index in [2.05, 4.69) is 25.9 Å². The lowest BCUT2D eigenvalue weighted by Crippen LogP contribution is -2.14. The van der Waals surface area contributed by atoms with E-state index in [4.69, 9.17) is 0 Å². The van der Waals surface area contributed by atoms with Crippen LogP contribution in [0, 0.1) is 5.82 Å². The Balaban J connectivity index is 2.10. The number of benzene rings is 1. The van der Waals surface area contributed by atoms with Crippen LogP contribution < -0.4 is 4.87 Å². The quantitative estimate of drug-likeness (QED) is 0.721. The molecule has 19 heavy (non-hydrogen) atoms. The van der Waals surface area contributed by atoms with Crippen molar-refractivity contribution in [3.63, 3.8) is 0 Å². The second kappa shape index (κ2) is 4.82. The minimum Gasteiger partial charge on any atom is -0.292 e. The van der Waals surface area contributed by atoms with Gasteiger partial charge in [0.2, 0.25) is 0 Å². The van der Waals surface area contributed by atoms with Gasteiger partial charge in [0, 0.05) is 0 Å². The molecule has 96 valence electrons. The summed E-state index contributed by atoms with van der Waals surface area (Å²) in [6.07, 6.45) is 3.15. The molecule has 2 heterocycles. The number of hydrogen-bond donors (Lipinski definition) is 0. The Morgan fingerprint density at radius 1 is 1.32 bits per heavy atom. The molecule has 0 N–H and O–H groups in total. The first-order valence-electron chi connectivity index (χ1n) is 5.39. The second-order valence-corrected chi connectivity index (χ2v) is 5.65. The highest BCUT2D eigenvalue weighted by Crippen LogP contribution is 2.21. The van der Waals surface area contributed by atoms with Crippen LogP contribution in [0.3, 0.4) is 0 Å². The zero-order valence-corrected chi connectivity index (χ0v) is 11.9. The van der Waals surface area contributed by atoms with Crippen molar-refractivity contribution in [2.45, 2.75) is 6.54 Å². The van der Waals surface area contributed by atoms with Gasteiger partial charge in [0.05, 0.1) is 34.8 Å². The molecule has 0 saturated carbocycles. The lowest BCUT2D eigenvalue weighted by atomic mass is 10.3. The number of nitrogens with zero attached hydrogens (tertiary/aromatic N) is 3. The van der Waals surface area contributed by atoms with Crippen molar-refractivity contribution in [2.24, 2.45) is 0 Å². The molecular weight excluding hydrogens is 333 g/mol. The van der Waals surface area contributed by atoms with Gasteiger partial charge in [0.1, 0.15) is 10.4 Å². The Labute approximate surface area is 119 Å². The Hall–Kier alpha value is -1.60. The zero-order valence-electron chi connectivity index (χ0n) is 9.51. The van der Waals surface area contributed by atoms with Crippen molar-refractivity contribution >= 4 is 37.5 Å². The summed E-state index contributed by atoms with van der Waals surface area (Å²) in [6.45, 7) is 0.280. The van der Waals surface area contributed by atoms with E-state index in [0.29, 0.717) is 20.5 Å². The van der Waals surface area contributed by atoms with Gasteiger partial charge in [0.25, 0.3) is 0 Å². The third kappa shape index (κ3) is 2.31. The van der Waals surface area contributed by atoms with E-state index in [1.807, 2.05) is 0 Å². The topological polar surface area (TPSA) is 47.8 Å². The van der Waals surface area contributed by atoms with Crippen LogP contribution in [0.1, 0.15) is 5.69 Å². The summed E-state index contributed by atoms with van der Waals surface area (Å²) in [5, 5.41) is 0. The van der Waals surface area contributed by atoms with E-state index in [1.165, 1.54) is 10.6 Å². The van der Waals surface area contributed by atoms with Crippen molar-refractivity contribution in [1.29, 1.82) is 0 Å². The van der Waals surface area contributed by atoms with Gasteiger partial charge in [-0.2, -0.15) is 0 Å². The number of aromatic nitrogens is 3. The first-order valence-corrected chi connectivity index (χ1v) is 7.00. The monoisotopic (exact) mass is 339 g/mol. The van der Waals surface area contributed by atoms with Crippen LogP contribution in [0.4, 0.5) is 4.39 Å². The molecule has 0 spiro atoms. The van der Waals surface area contributed by atoms with E-state index in [0.717, 1.165) is 11.3 Å². The molecular formula is C12H7BrFN3OS. The van der Waals surface area contributed by atoms with Crippen molar-refractivity contribution in [3.05, 3.63) is 56.4 Å². The predicted molar refractivity (Wildman–Crippen MR) is 74.9 cm³/mol. The molecule has 7 heteroatoms. The van der Waals surface area contributed by atoms with E-state index >= 15 is 0 Å². The predicted octanol–water partition coefficient (Wildman–Crippen LogP) is 2.80. The highest BCUT2D eigenvalue weighted by atomic mass is 79.9. The molecule has 0 unspecified atom stereocenters. The van der Waals surface area contributed by atoms with Crippen molar-refractivity contribution in [1.82, 2.24) is 14.5 Å². The fourth-order valence-electron chi connectivity index (χ4n) is 1.78. The first kappa shape index (κ1) is 12.4. The summed E-state index contributed by atoms with van der Waals surface area (Å²) in [5.74, 6) is -0.375. The van der Waals surface area contributed by atoms with Gasteiger partial charge in [0.15, 0.2) is 0 Å². The number of halogens is 2. The van der Waals surface area contributed by atoms with Gasteiger partial charge >= 0.3 is 4.87 Å². The number of rotatable bonds is 2. The largest absolute Gasteiger partial charge is 0.308 e. The molecule has 0 saturated heterocycles. The smallest absolute Gasteiger partial charge is 0.292 e. The number of fused-ring (bicyclic) bond motifs is 1. The Kier molecular flexibility index (Phi) is 3.16. The molecule has 0 aliphatic rings. The summed E-state index contributed by atoms with van der Waals surface area (Å²) in [5.41, 5.74) is 1.23. The maximum Gasteiger partial charge on any atom is 0.308 e. The maximum absolute atomic E-state index is 13.6. The fourth-order valence-corrected chi connectivity index (χ4v) is 2.88. The number of hydrogen-bond acceptors (Lipinski definition) is 4. The normalized spacial score (nSPS) is 11.1. The summed E-state index contributed by atoms with van der Waals surface area (Å²) < 4.78 is 16.1. The van der Waals surface area contributed by atoms with Crippen molar-refractivity contribution in [2.75, 3.05) is 0 Å². The molecule has 0 amide bonds. The lowest BCUT2D eigenvalue weighted by molar-refractivity contribution is 0.641. The zero-order chi connectivity index (χ0) is 13.4. The van der Waals surface area contributed by atoms with Crippen LogP contribution in [-0.4, -0.2) is 14.5 Å². The summed E-state index contributed by atoms with van der Waals surface area (Å²) in [7, 11) is 0. The van der Waals surface area contributed by atoms with E-state index in [1.54, 1.807) is 24.5 Å².